The first-order valence-corrected chi connectivity index (χ1v) is 8.10. The second kappa shape index (κ2) is 7.48. The zero-order valence-electron chi connectivity index (χ0n) is 12.6. The standard InChI is InChI=1S/C16H15ClN2O3S/c1-10-3-6-13(19(21)22)9-15(10)18-16(20)11(2)23-14-7-4-12(17)5-8-14/h3-9,11H,1-2H3,(H,18,20). The van der Waals surface area contributed by atoms with Crippen molar-refractivity contribution in [3.63, 3.8) is 0 Å². The molecule has 2 aromatic carbocycles. The Hall–Kier alpha value is -2.05. The summed E-state index contributed by atoms with van der Waals surface area (Å²) < 4.78 is 0. The molecule has 5 nitrogen and oxygen atoms in total. The molecule has 7 heteroatoms. The number of non-ortho nitro benzene ring substituents is 1. The molecule has 0 aliphatic rings. The number of anilines is 1. The van der Waals surface area contributed by atoms with Crippen molar-refractivity contribution in [3.05, 3.63) is 63.2 Å². The first-order chi connectivity index (χ1) is 10.9. The molecule has 2 rings (SSSR count). The van der Waals surface area contributed by atoms with Gasteiger partial charge in [-0.25, -0.2) is 0 Å². The van der Waals surface area contributed by atoms with Crippen LogP contribution in [0.3, 0.4) is 0 Å². The van der Waals surface area contributed by atoms with Gasteiger partial charge in [0.15, 0.2) is 0 Å². The zero-order valence-corrected chi connectivity index (χ0v) is 14.1. The van der Waals surface area contributed by atoms with Gasteiger partial charge in [-0.2, -0.15) is 0 Å². The Bertz CT molecular complexity index is 735. The molecular weight excluding hydrogens is 336 g/mol. The first-order valence-electron chi connectivity index (χ1n) is 6.85. The third kappa shape index (κ3) is 4.71. The van der Waals surface area contributed by atoms with E-state index >= 15 is 0 Å². The number of carbonyl (C=O) groups excluding carboxylic acids is 1. The van der Waals surface area contributed by atoms with E-state index in [1.807, 2.05) is 12.1 Å². The summed E-state index contributed by atoms with van der Waals surface area (Å²) in [6, 6.07) is 11.6. The summed E-state index contributed by atoms with van der Waals surface area (Å²) in [5.41, 5.74) is 1.17. The Morgan fingerprint density at radius 2 is 1.91 bits per heavy atom. The van der Waals surface area contributed by atoms with Gasteiger partial charge in [0.2, 0.25) is 5.91 Å². The normalized spacial score (nSPS) is 11.8. The molecule has 0 spiro atoms. The minimum Gasteiger partial charge on any atom is -0.325 e. The molecule has 1 amide bonds. The molecule has 0 aromatic heterocycles. The molecule has 1 unspecified atom stereocenters. The maximum atomic E-state index is 12.3. The van der Waals surface area contributed by atoms with E-state index in [0.717, 1.165) is 10.5 Å². The predicted molar refractivity (Wildman–Crippen MR) is 93.2 cm³/mol. The number of carbonyl (C=O) groups is 1. The molecular formula is C16H15ClN2O3S. The lowest BCUT2D eigenvalue weighted by Crippen LogP contribution is -2.22. The van der Waals surface area contributed by atoms with Crippen molar-refractivity contribution in [1.29, 1.82) is 0 Å². The lowest BCUT2D eigenvalue weighted by molar-refractivity contribution is -0.384. The van der Waals surface area contributed by atoms with Gasteiger partial charge in [0, 0.05) is 22.1 Å². The van der Waals surface area contributed by atoms with Crippen LogP contribution in [0.1, 0.15) is 12.5 Å². The second-order valence-electron chi connectivity index (χ2n) is 4.96. The number of nitro benzene ring substituents is 1. The smallest absolute Gasteiger partial charge is 0.271 e. The van der Waals surface area contributed by atoms with Crippen LogP contribution in [0.25, 0.3) is 0 Å². The van der Waals surface area contributed by atoms with Gasteiger partial charge in [0.25, 0.3) is 5.69 Å². The summed E-state index contributed by atoms with van der Waals surface area (Å²) in [4.78, 5) is 23.6. The fraction of sp³-hybridized carbons (Fsp3) is 0.188. The van der Waals surface area contributed by atoms with Gasteiger partial charge < -0.3 is 5.32 Å². The Morgan fingerprint density at radius 1 is 1.26 bits per heavy atom. The fourth-order valence-corrected chi connectivity index (χ4v) is 2.86. The number of thioether (sulfide) groups is 1. The van der Waals surface area contributed by atoms with Crippen molar-refractivity contribution in [2.75, 3.05) is 5.32 Å². The molecule has 120 valence electrons. The largest absolute Gasteiger partial charge is 0.325 e. The van der Waals surface area contributed by atoms with Crippen molar-refractivity contribution in [3.8, 4) is 0 Å². The lowest BCUT2D eigenvalue weighted by Gasteiger charge is -2.13. The number of nitrogens with zero attached hydrogens (tertiary/aromatic N) is 1. The van der Waals surface area contributed by atoms with Crippen LogP contribution in [0, 0.1) is 17.0 Å². The van der Waals surface area contributed by atoms with E-state index in [2.05, 4.69) is 5.32 Å². The van der Waals surface area contributed by atoms with Crippen molar-refractivity contribution in [2.24, 2.45) is 0 Å². The highest BCUT2D eigenvalue weighted by Crippen LogP contribution is 2.27. The molecule has 0 saturated carbocycles. The molecule has 0 saturated heterocycles. The van der Waals surface area contributed by atoms with Crippen LogP contribution >= 0.6 is 23.4 Å². The van der Waals surface area contributed by atoms with Crippen molar-refractivity contribution < 1.29 is 9.72 Å². The Balaban J connectivity index is 2.07. The second-order valence-corrected chi connectivity index (χ2v) is 6.81. The minimum atomic E-state index is -0.485. The van der Waals surface area contributed by atoms with Gasteiger partial charge in [-0.1, -0.05) is 17.7 Å². The van der Waals surface area contributed by atoms with Gasteiger partial charge in [-0.3, -0.25) is 14.9 Å². The van der Waals surface area contributed by atoms with Gasteiger partial charge in [-0.05, 0) is 43.7 Å². The van der Waals surface area contributed by atoms with E-state index in [4.69, 9.17) is 11.6 Å². The topological polar surface area (TPSA) is 72.2 Å². The Labute approximate surface area is 143 Å². The fourth-order valence-electron chi connectivity index (χ4n) is 1.86. The Kier molecular flexibility index (Phi) is 5.63. The van der Waals surface area contributed by atoms with E-state index in [1.165, 1.54) is 23.9 Å². The van der Waals surface area contributed by atoms with Crippen molar-refractivity contribution in [2.45, 2.75) is 24.0 Å². The highest BCUT2D eigenvalue weighted by molar-refractivity contribution is 8.00. The monoisotopic (exact) mass is 350 g/mol. The molecule has 2 aromatic rings. The van der Waals surface area contributed by atoms with E-state index in [1.54, 1.807) is 32.0 Å². The number of rotatable bonds is 5. The summed E-state index contributed by atoms with van der Waals surface area (Å²) in [6.45, 7) is 3.57. The van der Waals surface area contributed by atoms with Crippen LogP contribution in [0.5, 0.6) is 0 Å². The highest BCUT2D eigenvalue weighted by Gasteiger charge is 2.17. The summed E-state index contributed by atoms with van der Waals surface area (Å²) in [5.74, 6) is -0.214. The maximum absolute atomic E-state index is 12.3. The third-order valence-electron chi connectivity index (χ3n) is 3.19. The van der Waals surface area contributed by atoms with E-state index in [9.17, 15) is 14.9 Å². The van der Waals surface area contributed by atoms with Gasteiger partial charge in [0.1, 0.15) is 0 Å². The minimum absolute atomic E-state index is 0.0519. The Morgan fingerprint density at radius 3 is 2.52 bits per heavy atom. The average Bonchev–Trinajstić information content (AvgIpc) is 2.51. The van der Waals surface area contributed by atoms with Gasteiger partial charge in [0.05, 0.1) is 15.9 Å². The van der Waals surface area contributed by atoms with Crippen LogP contribution in [-0.4, -0.2) is 16.1 Å². The van der Waals surface area contributed by atoms with E-state index in [0.29, 0.717) is 10.7 Å². The SMILES string of the molecule is Cc1ccc([N+](=O)[O-])cc1NC(=O)C(C)Sc1ccc(Cl)cc1. The summed E-state index contributed by atoms with van der Waals surface area (Å²) in [5, 5.41) is 13.9. The van der Waals surface area contributed by atoms with Gasteiger partial charge >= 0.3 is 0 Å². The maximum Gasteiger partial charge on any atom is 0.271 e. The number of amides is 1. The molecule has 0 aliphatic heterocycles. The highest BCUT2D eigenvalue weighted by atomic mass is 35.5. The number of aryl methyl sites for hydroxylation is 1. The number of nitro groups is 1. The van der Waals surface area contributed by atoms with Gasteiger partial charge in [-0.15, -0.1) is 11.8 Å². The first kappa shape index (κ1) is 17.3. The predicted octanol–water partition coefficient (Wildman–Crippen LogP) is 4.68. The van der Waals surface area contributed by atoms with Crippen LogP contribution in [0.4, 0.5) is 11.4 Å². The average molecular weight is 351 g/mol. The summed E-state index contributed by atoms with van der Waals surface area (Å²) in [6.07, 6.45) is 0. The quantitative estimate of drug-likeness (QED) is 0.483. The van der Waals surface area contributed by atoms with Crippen molar-refractivity contribution >= 4 is 40.6 Å². The number of nitrogens with one attached hydrogen (secondary N) is 1. The zero-order chi connectivity index (χ0) is 17.0. The number of halogens is 1. The molecule has 23 heavy (non-hydrogen) atoms. The van der Waals surface area contributed by atoms with Crippen LogP contribution in [-0.2, 0) is 4.79 Å². The third-order valence-corrected chi connectivity index (χ3v) is 4.55. The summed E-state index contributed by atoms with van der Waals surface area (Å²) >= 11 is 7.22. The molecule has 0 radical (unpaired) electrons. The number of hydrogen-bond donors (Lipinski definition) is 1. The number of benzene rings is 2. The molecule has 1 atom stereocenters. The van der Waals surface area contributed by atoms with Crippen molar-refractivity contribution in [1.82, 2.24) is 0 Å². The van der Waals surface area contributed by atoms with Crippen LogP contribution < -0.4 is 5.32 Å². The molecule has 0 aliphatic carbocycles. The van der Waals surface area contributed by atoms with Crippen LogP contribution in [0.2, 0.25) is 5.02 Å². The molecule has 0 bridgehead atoms. The van der Waals surface area contributed by atoms with E-state index in [-0.39, 0.29) is 16.8 Å². The molecule has 0 heterocycles. The number of hydrogen-bond acceptors (Lipinski definition) is 4. The van der Waals surface area contributed by atoms with Crippen LogP contribution in [0.15, 0.2) is 47.4 Å². The molecule has 0 fully saturated rings. The summed E-state index contributed by atoms with van der Waals surface area (Å²) in [7, 11) is 0. The van der Waals surface area contributed by atoms with E-state index < -0.39 is 4.92 Å². The molecule has 1 N–H and O–H groups in total. The lowest BCUT2D eigenvalue weighted by atomic mass is 10.2.